The lowest BCUT2D eigenvalue weighted by Crippen LogP contribution is -2.10. The van der Waals surface area contributed by atoms with E-state index in [0.29, 0.717) is 23.0 Å². The van der Waals surface area contributed by atoms with Crippen LogP contribution in [0.2, 0.25) is 0 Å². The first-order valence-corrected chi connectivity index (χ1v) is 9.26. The van der Waals surface area contributed by atoms with E-state index in [9.17, 15) is 9.90 Å². The van der Waals surface area contributed by atoms with Gasteiger partial charge in [0.25, 0.3) is 0 Å². The first-order chi connectivity index (χ1) is 14.1. The molecule has 4 aromatic rings. The number of nitrogens with one attached hydrogen (secondary N) is 1. The lowest BCUT2D eigenvalue weighted by Gasteiger charge is -2.16. The summed E-state index contributed by atoms with van der Waals surface area (Å²) in [5.41, 5.74) is 4.40. The highest BCUT2D eigenvalue weighted by Gasteiger charge is 2.31. The number of fused-ring (bicyclic) bond motifs is 1. The summed E-state index contributed by atoms with van der Waals surface area (Å²) in [5, 5.41) is 30.5. The molecule has 1 aromatic carbocycles. The first-order valence-electron chi connectivity index (χ1n) is 9.26. The van der Waals surface area contributed by atoms with Crippen LogP contribution in [0.25, 0.3) is 11.2 Å². The van der Waals surface area contributed by atoms with Crippen LogP contribution in [0, 0.1) is 0 Å². The lowest BCUT2D eigenvalue weighted by molar-refractivity contribution is 0.207. The van der Waals surface area contributed by atoms with E-state index in [1.165, 1.54) is 0 Å². The zero-order chi connectivity index (χ0) is 20.0. The van der Waals surface area contributed by atoms with Gasteiger partial charge in [-0.1, -0.05) is 11.3 Å². The Morgan fingerprint density at radius 3 is 2.69 bits per heavy atom. The Kier molecular flexibility index (Phi) is 4.02. The van der Waals surface area contributed by atoms with E-state index in [4.69, 9.17) is 5.11 Å². The molecule has 0 spiro atoms. The van der Waals surface area contributed by atoms with Crippen molar-refractivity contribution in [2.75, 3.05) is 5.32 Å². The van der Waals surface area contributed by atoms with Crippen LogP contribution >= 0.6 is 0 Å². The summed E-state index contributed by atoms with van der Waals surface area (Å²) in [6.07, 6.45) is 5.31. The molecule has 1 amide bonds. The van der Waals surface area contributed by atoms with E-state index in [0.717, 1.165) is 29.6 Å². The summed E-state index contributed by atoms with van der Waals surface area (Å²) >= 11 is 0. The molecule has 0 radical (unpaired) electrons. The average Bonchev–Trinajstić information content (AvgIpc) is 3.24. The number of carboxylic acid groups (broad SMARTS) is 1. The molecule has 1 aliphatic carbocycles. The quantitative estimate of drug-likeness (QED) is 0.482. The largest absolute Gasteiger partial charge is 0.465 e. The fourth-order valence-electron chi connectivity index (χ4n) is 3.55. The van der Waals surface area contributed by atoms with E-state index in [2.05, 4.69) is 26.7 Å². The number of anilines is 1. The van der Waals surface area contributed by atoms with E-state index >= 15 is 0 Å². The Morgan fingerprint density at radius 1 is 1.17 bits per heavy atom. The molecule has 9 nitrogen and oxygen atoms in total. The number of hydrogen-bond donors (Lipinski definition) is 3. The van der Waals surface area contributed by atoms with Gasteiger partial charge in [0.1, 0.15) is 11.8 Å². The maximum Gasteiger partial charge on any atom is 0.409 e. The number of aliphatic hydroxyl groups is 1. The van der Waals surface area contributed by atoms with Crippen molar-refractivity contribution in [3.63, 3.8) is 0 Å². The monoisotopic (exact) mass is 390 g/mol. The van der Waals surface area contributed by atoms with Crippen molar-refractivity contribution >= 4 is 17.3 Å². The van der Waals surface area contributed by atoms with Crippen LogP contribution in [0.1, 0.15) is 41.8 Å². The molecular formula is C20H18N6O3. The molecule has 3 aromatic heterocycles. The fraction of sp³-hybridized carbons (Fsp3) is 0.200. The lowest BCUT2D eigenvalue weighted by atomic mass is 10.0. The molecule has 1 unspecified atom stereocenters. The van der Waals surface area contributed by atoms with Gasteiger partial charge in [-0.3, -0.25) is 9.72 Å². The van der Waals surface area contributed by atoms with Crippen molar-refractivity contribution in [1.29, 1.82) is 0 Å². The van der Waals surface area contributed by atoms with Crippen molar-refractivity contribution in [2.24, 2.45) is 0 Å². The Bertz CT molecular complexity index is 1190. The van der Waals surface area contributed by atoms with Gasteiger partial charge in [-0.15, -0.1) is 5.10 Å². The highest BCUT2D eigenvalue weighted by atomic mass is 16.4. The Hall–Kier alpha value is -3.72. The summed E-state index contributed by atoms with van der Waals surface area (Å²) in [7, 11) is 0. The predicted molar refractivity (Wildman–Crippen MR) is 104 cm³/mol. The molecule has 0 bridgehead atoms. The molecule has 1 saturated carbocycles. The van der Waals surface area contributed by atoms with Crippen molar-refractivity contribution < 1.29 is 15.0 Å². The molecule has 146 valence electrons. The number of amides is 1. The number of rotatable bonds is 5. The predicted octanol–water partition coefficient (Wildman–Crippen LogP) is 2.96. The third kappa shape index (κ3) is 3.21. The molecule has 29 heavy (non-hydrogen) atoms. The van der Waals surface area contributed by atoms with Crippen LogP contribution in [0.3, 0.4) is 0 Å². The molecule has 1 aliphatic rings. The SMILES string of the molecule is O=C(O)Nc1ccc(-n2cc(C(O)c3c(C4CC4)ccc4cncn34)nn2)cc1. The fourth-order valence-corrected chi connectivity index (χ4v) is 3.55. The van der Waals surface area contributed by atoms with E-state index < -0.39 is 12.2 Å². The minimum atomic E-state index is -1.12. The van der Waals surface area contributed by atoms with Gasteiger partial charge in [-0.25, -0.2) is 14.5 Å². The second-order valence-corrected chi connectivity index (χ2v) is 7.10. The Labute approximate surface area is 165 Å². The van der Waals surface area contributed by atoms with Gasteiger partial charge in [-0.05, 0) is 54.7 Å². The summed E-state index contributed by atoms with van der Waals surface area (Å²) in [4.78, 5) is 14.9. The molecule has 1 fully saturated rings. The smallest absolute Gasteiger partial charge is 0.409 e. The molecular weight excluding hydrogens is 372 g/mol. The topological polar surface area (TPSA) is 118 Å². The van der Waals surface area contributed by atoms with E-state index in [-0.39, 0.29) is 0 Å². The number of nitrogens with zero attached hydrogens (tertiary/aromatic N) is 5. The van der Waals surface area contributed by atoms with Gasteiger partial charge >= 0.3 is 6.09 Å². The maximum absolute atomic E-state index is 11.1. The molecule has 3 N–H and O–H groups in total. The molecule has 0 saturated heterocycles. The van der Waals surface area contributed by atoms with Crippen molar-refractivity contribution in [3.8, 4) is 5.69 Å². The first kappa shape index (κ1) is 17.4. The maximum atomic E-state index is 11.1. The third-order valence-corrected chi connectivity index (χ3v) is 5.11. The zero-order valence-corrected chi connectivity index (χ0v) is 15.3. The van der Waals surface area contributed by atoms with Crippen LogP contribution in [0.15, 0.2) is 55.1 Å². The van der Waals surface area contributed by atoms with Crippen LogP contribution < -0.4 is 5.32 Å². The number of carbonyl (C=O) groups is 1. The third-order valence-electron chi connectivity index (χ3n) is 5.11. The van der Waals surface area contributed by atoms with Gasteiger partial charge in [0.05, 0.1) is 35.6 Å². The van der Waals surface area contributed by atoms with Crippen molar-refractivity contribution in [3.05, 3.63) is 72.1 Å². The minimum Gasteiger partial charge on any atom is -0.465 e. The van der Waals surface area contributed by atoms with Gasteiger partial charge < -0.3 is 10.2 Å². The zero-order valence-electron chi connectivity index (χ0n) is 15.3. The van der Waals surface area contributed by atoms with Gasteiger partial charge in [-0.2, -0.15) is 0 Å². The van der Waals surface area contributed by atoms with Gasteiger partial charge in [0, 0.05) is 5.69 Å². The molecule has 5 rings (SSSR count). The molecule has 3 heterocycles. The summed E-state index contributed by atoms with van der Waals surface area (Å²) in [6, 6.07) is 10.8. The molecule has 1 atom stereocenters. The number of aliphatic hydroxyl groups excluding tert-OH is 1. The van der Waals surface area contributed by atoms with Crippen LogP contribution in [0.5, 0.6) is 0 Å². The van der Waals surface area contributed by atoms with Crippen LogP contribution in [0.4, 0.5) is 10.5 Å². The standard InChI is InChI=1S/C20H18N6O3/c27-19(18-16(12-1-2-12)8-7-15-9-21-11-25(15)18)17-10-26(24-23-17)14-5-3-13(4-6-14)22-20(28)29/h3-12,19,22,27H,1-2H2,(H,28,29). The van der Waals surface area contributed by atoms with Crippen LogP contribution in [-0.2, 0) is 0 Å². The Balaban J connectivity index is 1.48. The number of imidazole rings is 1. The second-order valence-electron chi connectivity index (χ2n) is 7.10. The van der Waals surface area contributed by atoms with Gasteiger partial charge in [0.15, 0.2) is 0 Å². The summed E-state index contributed by atoms with van der Waals surface area (Å²) in [5.74, 6) is 0.454. The number of hydrogen-bond acceptors (Lipinski definition) is 5. The summed E-state index contributed by atoms with van der Waals surface area (Å²) < 4.78 is 3.46. The number of aromatic nitrogens is 5. The van der Waals surface area contributed by atoms with E-state index in [1.54, 1.807) is 47.7 Å². The number of benzene rings is 1. The number of pyridine rings is 1. The highest BCUT2D eigenvalue weighted by Crippen LogP contribution is 2.43. The Morgan fingerprint density at radius 2 is 1.97 bits per heavy atom. The van der Waals surface area contributed by atoms with Crippen LogP contribution in [-0.4, -0.2) is 40.7 Å². The highest BCUT2D eigenvalue weighted by molar-refractivity contribution is 5.82. The normalized spacial score (nSPS) is 14.8. The molecule has 9 heteroatoms. The van der Waals surface area contributed by atoms with Gasteiger partial charge in [0.2, 0.25) is 0 Å². The van der Waals surface area contributed by atoms with E-state index in [1.807, 2.05) is 10.5 Å². The summed E-state index contributed by atoms with van der Waals surface area (Å²) in [6.45, 7) is 0. The second kappa shape index (κ2) is 6.71. The van der Waals surface area contributed by atoms with Crippen molar-refractivity contribution in [2.45, 2.75) is 24.9 Å². The van der Waals surface area contributed by atoms with Crippen molar-refractivity contribution in [1.82, 2.24) is 24.4 Å². The average molecular weight is 390 g/mol. The minimum absolute atomic E-state index is 0.431. The molecule has 0 aliphatic heterocycles.